The molecule has 0 aliphatic carbocycles. The van der Waals surface area contributed by atoms with E-state index in [0.717, 1.165) is 5.75 Å². The highest BCUT2D eigenvalue weighted by Crippen LogP contribution is 2.13. The Morgan fingerprint density at radius 2 is 2.56 bits per heavy atom. The lowest BCUT2D eigenvalue weighted by atomic mass is 10.6. The second-order valence-corrected chi connectivity index (χ2v) is 2.38. The van der Waals surface area contributed by atoms with Crippen molar-refractivity contribution < 1.29 is 4.74 Å². The summed E-state index contributed by atoms with van der Waals surface area (Å²) in [6.07, 6.45) is 0. The maximum absolute atomic E-state index is 5.22. The van der Waals surface area contributed by atoms with E-state index in [4.69, 9.17) is 10.5 Å². The summed E-state index contributed by atoms with van der Waals surface area (Å²) in [7, 11) is 0. The van der Waals surface area contributed by atoms with E-state index < -0.39 is 0 Å². The van der Waals surface area contributed by atoms with Crippen molar-refractivity contribution in [3.8, 4) is 5.75 Å². The molecular weight excluding hydrogens is 134 g/mol. The molecule has 0 radical (unpaired) electrons. The molecule has 0 spiro atoms. The fraction of sp³-hybridized carbons (Fsp3) is 0.333. The van der Waals surface area contributed by atoms with Crippen LogP contribution in [0.3, 0.4) is 0 Å². The third-order valence-electron chi connectivity index (χ3n) is 0.882. The Labute approximate surface area is 58.3 Å². The van der Waals surface area contributed by atoms with Crippen LogP contribution < -0.4 is 10.5 Å². The van der Waals surface area contributed by atoms with Gasteiger partial charge in [0.2, 0.25) is 0 Å². The van der Waals surface area contributed by atoms with E-state index in [1.807, 2.05) is 16.8 Å². The minimum absolute atomic E-state index is 0.579. The monoisotopic (exact) mass is 143 g/mol. The molecule has 1 rings (SSSR count). The minimum atomic E-state index is 0.579. The Kier molecular flexibility index (Phi) is 2.54. The van der Waals surface area contributed by atoms with Crippen molar-refractivity contribution in [2.45, 2.75) is 0 Å². The van der Waals surface area contributed by atoms with Crippen LogP contribution in [0.2, 0.25) is 0 Å². The van der Waals surface area contributed by atoms with Gasteiger partial charge >= 0.3 is 0 Å². The largest absolute Gasteiger partial charge is 0.491 e. The lowest BCUT2D eigenvalue weighted by Gasteiger charge is -1.97. The van der Waals surface area contributed by atoms with Crippen LogP contribution in [0.1, 0.15) is 0 Å². The lowest BCUT2D eigenvalue weighted by molar-refractivity contribution is 0.330. The molecule has 0 aromatic carbocycles. The molecule has 3 heteroatoms. The van der Waals surface area contributed by atoms with Crippen LogP contribution in [0.5, 0.6) is 5.75 Å². The summed E-state index contributed by atoms with van der Waals surface area (Å²) in [5, 5.41) is 3.93. The summed E-state index contributed by atoms with van der Waals surface area (Å²) in [5.41, 5.74) is 5.22. The number of hydrogen-bond donors (Lipinski definition) is 1. The van der Waals surface area contributed by atoms with Gasteiger partial charge in [0.15, 0.2) is 0 Å². The van der Waals surface area contributed by atoms with Gasteiger partial charge in [0.1, 0.15) is 12.4 Å². The fourth-order valence-electron chi connectivity index (χ4n) is 0.511. The zero-order valence-electron chi connectivity index (χ0n) is 5.04. The Morgan fingerprint density at radius 3 is 3.11 bits per heavy atom. The van der Waals surface area contributed by atoms with Crippen molar-refractivity contribution in [1.82, 2.24) is 0 Å². The Morgan fingerprint density at radius 1 is 1.67 bits per heavy atom. The van der Waals surface area contributed by atoms with Crippen molar-refractivity contribution >= 4 is 11.3 Å². The lowest BCUT2D eigenvalue weighted by Crippen LogP contribution is -2.09. The maximum Gasteiger partial charge on any atom is 0.130 e. The smallest absolute Gasteiger partial charge is 0.130 e. The van der Waals surface area contributed by atoms with E-state index in [9.17, 15) is 0 Å². The number of ether oxygens (including phenoxy) is 1. The van der Waals surface area contributed by atoms with E-state index in [1.54, 1.807) is 11.3 Å². The third kappa shape index (κ3) is 2.03. The van der Waals surface area contributed by atoms with E-state index in [1.165, 1.54) is 0 Å². The van der Waals surface area contributed by atoms with Gasteiger partial charge in [-0.1, -0.05) is 0 Å². The number of nitrogens with two attached hydrogens (primary N) is 1. The average molecular weight is 143 g/mol. The van der Waals surface area contributed by atoms with Gasteiger partial charge in [-0.25, -0.2) is 0 Å². The van der Waals surface area contributed by atoms with Crippen molar-refractivity contribution in [2.75, 3.05) is 13.2 Å². The highest BCUT2D eigenvalue weighted by atomic mass is 32.1. The Bertz CT molecular complexity index is 150. The molecule has 2 N–H and O–H groups in total. The highest BCUT2D eigenvalue weighted by Gasteiger charge is 1.88. The van der Waals surface area contributed by atoms with Crippen LogP contribution in [-0.4, -0.2) is 13.2 Å². The Hall–Kier alpha value is -0.540. The van der Waals surface area contributed by atoms with Crippen LogP contribution in [-0.2, 0) is 0 Å². The van der Waals surface area contributed by atoms with Crippen LogP contribution in [0.25, 0.3) is 0 Å². The zero-order chi connectivity index (χ0) is 6.53. The molecule has 1 aromatic heterocycles. The van der Waals surface area contributed by atoms with Crippen molar-refractivity contribution in [2.24, 2.45) is 5.73 Å². The zero-order valence-corrected chi connectivity index (χ0v) is 5.86. The normalized spacial score (nSPS) is 9.44. The molecule has 1 aromatic rings. The van der Waals surface area contributed by atoms with Crippen LogP contribution >= 0.6 is 11.3 Å². The molecule has 1 heterocycles. The number of thiophene rings is 1. The molecule has 0 saturated heterocycles. The summed E-state index contributed by atoms with van der Waals surface area (Å²) in [6.45, 7) is 1.19. The van der Waals surface area contributed by atoms with Gasteiger partial charge in [-0.2, -0.15) is 0 Å². The SMILES string of the molecule is NCCOc1ccsc1. The second-order valence-electron chi connectivity index (χ2n) is 1.60. The van der Waals surface area contributed by atoms with Gasteiger partial charge in [-0.05, 0) is 11.4 Å². The predicted octanol–water partition coefficient (Wildman–Crippen LogP) is 1.09. The highest BCUT2D eigenvalue weighted by molar-refractivity contribution is 7.08. The van der Waals surface area contributed by atoms with Gasteiger partial charge in [0, 0.05) is 11.9 Å². The van der Waals surface area contributed by atoms with Gasteiger partial charge in [0.25, 0.3) is 0 Å². The van der Waals surface area contributed by atoms with Gasteiger partial charge < -0.3 is 10.5 Å². The molecule has 2 nitrogen and oxygen atoms in total. The third-order valence-corrected chi connectivity index (χ3v) is 1.54. The molecule has 50 valence electrons. The standard InChI is InChI=1S/C6H9NOS/c7-2-3-8-6-1-4-9-5-6/h1,4-5H,2-3,7H2. The first-order valence-corrected chi connectivity index (χ1v) is 3.73. The summed E-state index contributed by atoms with van der Waals surface area (Å²) < 4.78 is 5.18. The molecular formula is C6H9NOS. The second kappa shape index (κ2) is 3.48. The Balaban J connectivity index is 2.30. The summed E-state index contributed by atoms with van der Waals surface area (Å²) in [6, 6.07) is 1.93. The quantitative estimate of drug-likeness (QED) is 0.687. The first-order valence-electron chi connectivity index (χ1n) is 2.78. The molecule has 0 aliphatic rings. The molecule has 0 aliphatic heterocycles. The van der Waals surface area contributed by atoms with E-state index in [2.05, 4.69) is 0 Å². The molecule has 0 saturated carbocycles. The molecule has 0 amide bonds. The van der Waals surface area contributed by atoms with Crippen LogP contribution in [0.4, 0.5) is 0 Å². The van der Waals surface area contributed by atoms with Crippen molar-refractivity contribution in [1.29, 1.82) is 0 Å². The first kappa shape index (κ1) is 6.58. The van der Waals surface area contributed by atoms with Crippen LogP contribution in [0.15, 0.2) is 16.8 Å². The van der Waals surface area contributed by atoms with Crippen LogP contribution in [0, 0.1) is 0 Å². The maximum atomic E-state index is 5.22. The minimum Gasteiger partial charge on any atom is -0.491 e. The summed E-state index contributed by atoms with van der Waals surface area (Å²) in [4.78, 5) is 0. The predicted molar refractivity (Wildman–Crippen MR) is 38.9 cm³/mol. The topological polar surface area (TPSA) is 35.2 Å². The van der Waals surface area contributed by atoms with Crippen molar-refractivity contribution in [3.63, 3.8) is 0 Å². The van der Waals surface area contributed by atoms with E-state index >= 15 is 0 Å². The van der Waals surface area contributed by atoms with Crippen molar-refractivity contribution in [3.05, 3.63) is 16.8 Å². The van der Waals surface area contributed by atoms with E-state index in [0.29, 0.717) is 13.2 Å². The van der Waals surface area contributed by atoms with Gasteiger partial charge in [-0.3, -0.25) is 0 Å². The average Bonchev–Trinajstić information content (AvgIpc) is 2.34. The van der Waals surface area contributed by atoms with Gasteiger partial charge in [0.05, 0.1) is 0 Å². The fourth-order valence-corrected chi connectivity index (χ4v) is 1.08. The first-order chi connectivity index (χ1) is 4.43. The molecule has 0 fully saturated rings. The summed E-state index contributed by atoms with van der Waals surface area (Å²) in [5.74, 6) is 0.922. The molecule has 0 atom stereocenters. The van der Waals surface area contributed by atoms with Gasteiger partial charge in [-0.15, -0.1) is 11.3 Å². The molecule has 0 bridgehead atoms. The summed E-state index contributed by atoms with van der Waals surface area (Å²) >= 11 is 1.62. The number of hydrogen-bond acceptors (Lipinski definition) is 3. The van der Waals surface area contributed by atoms with E-state index in [-0.39, 0.29) is 0 Å². The molecule has 9 heavy (non-hydrogen) atoms. The number of rotatable bonds is 3. The molecule has 0 unspecified atom stereocenters.